The van der Waals surface area contributed by atoms with Crippen molar-refractivity contribution < 1.29 is 14.3 Å². The Kier molecular flexibility index (Phi) is 5.37. The molecule has 0 aliphatic carbocycles. The van der Waals surface area contributed by atoms with Crippen molar-refractivity contribution in [2.45, 2.75) is 26.9 Å². The minimum absolute atomic E-state index is 0.145. The summed E-state index contributed by atoms with van der Waals surface area (Å²) in [6.07, 6.45) is 1.57. The molecular formula is C16H17NO3S2. The van der Waals surface area contributed by atoms with Crippen molar-refractivity contribution in [3.63, 3.8) is 0 Å². The third-order valence-corrected chi connectivity index (χ3v) is 4.28. The summed E-state index contributed by atoms with van der Waals surface area (Å²) in [4.78, 5) is 25.9. The summed E-state index contributed by atoms with van der Waals surface area (Å²) < 4.78 is 5.43. The van der Waals surface area contributed by atoms with Gasteiger partial charge in [-0.2, -0.15) is 0 Å². The Morgan fingerprint density at radius 3 is 2.59 bits per heavy atom. The SMILES string of the molecule is Cc1ccc(C=C2SC(=S)N(CC(=O)OC(C)C)C2=O)cc1. The first kappa shape index (κ1) is 16.7. The number of amides is 1. The molecule has 0 saturated carbocycles. The molecule has 22 heavy (non-hydrogen) atoms. The topological polar surface area (TPSA) is 46.6 Å². The Hall–Kier alpha value is -1.66. The lowest BCUT2D eigenvalue weighted by molar-refractivity contribution is -0.149. The summed E-state index contributed by atoms with van der Waals surface area (Å²) in [6, 6.07) is 7.84. The summed E-state index contributed by atoms with van der Waals surface area (Å²) in [5.41, 5.74) is 2.08. The van der Waals surface area contributed by atoms with E-state index in [0.29, 0.717) is 9.23 Å². The number of thioether (sulfide) groups is 1. The van der Waals surface area contributed by atoms with Crippen molar-refractivity contribution in [3.05, 3.63) is 40.3 Å². The Morgan fingerprint density at radius 2 is 2.00 bits per heavy atom. The van der Waals surface area contributed by atoms with Gasteiger partial charge in [0.05, 0.1) is 11.0 Å². The van der Waals surface area contributed by atoms with Gasteiger partial charge in [0, 0.05) is 0 Å². The van der Waals surface area contributed by atoms with Crippen LogP contribution in [0.2, 0.25) is 0 Å². The van der Waals surface area contributed by atoms with Crippen LogP contribution in [0.1, 0.15) is 25.0 Å². The summed E-state index contributed by atoms with van der Waals surface area (Å²) in [5.74, 6) is -0.709. The third kappa shape index (κ3) is 4.18. The van der Waals surface area contributed by atoms with E-state index in [0.717, 1.165) is 11.1 Å². The lowest BCUT2D eigenvalue weighted by Crippen LogP contribution is -2.35. The molecule has 116 valence electrons. The number of rotatable bonds is 4. The van der Waals surface area contributed by atoms with E-state index in [9.17, 15) is 9.59 Å². The first-order valence-corrected chi connectivity index (χ1v) is 8.11. The van der Waals surface area contributed by atoms with Crippen molar-refractivity contribution >= 4 is 46.3 Å². The summed E-state index contributed by atoms with van der Waals surface area (Å²) in [5, 5.41) is 0. The van der Waals surface area contributed by atoms with E-state index < -0.39 is 5.97 Å². The molecule has 1 fully saturated rings. The highest BCUT2D eigenvalue weighted by Gasteiger charge is 2.33. The molecule has 2 rings (SSSR count). The molecule has 0 aromatic heterocycles. The molecule has 0 unspecified atom stereocenters. The number of aryl methyl sites for hydroxylation is 1. The standard InChI is InChI=1S/C16H17NO3S2/c1-10(2)20-14(18)9-17-15(19)13(22-16(17)21)8-12-6-4-11(3)5-7-12/h4-8,10H,9H2,1-3H3. The Balaban J connectivity index is 2.11. The molecule has 1 aromatic carbocycles. The molecular weight excluding hydrogens is 318 g/mol. The highest BCUT2D eigenvalue weighted by molar-refractivity contribution is 8.26. The van der Waals surface area contributed by atoms with E-state index in [1.54, 1.807) is 19.9 Å². The van der Waals surface area contributed by atoms with Crippen molar-refractivity contribution in [1.29, 1.82) is 0 Å². The van der Waals surface area contributed by atoms with Crippen molar-refractivity contribution in [2.24, 2.45) is 0 Å². The largest absolute Gasteiger partial charge is 0.462 e. The number of thiocarbonyl (C=S) groups is 1. The number of hydrogen-bond donors (Lipinski definition) is 0. The highest BCUT2D eigenvalue weighted by Crippen LogP contribution is 2.32. The Morgan fingerprint density at radius 1 is 1.36 bits per heavy atom. The average molecular weight is 335 g/mol. The first-order chi connectivity index (χ1) is 10.4. The smallest absolute Gasteiger partial charge is 0.326 e. The first-order valence-electron chi connectivity index (χ1n) is 6.88. The Labute approximate surface area is 139 Å². The number of carbonyl (C=O) groups excluding carboxylic acids is 2. The third-order valence-electron chi connectivity index (χ3n) is 2.90. The fourth-order valence-electron chi connectivity index (χ4n) is 1.88. The van der Waals surface area contributed by atoms with E-state index in [1.807, 2.05) is 31.2 Å². The molecule has 0 N–H and O–H groups in total. The predicted octanol–water partition coefficient (Wildman–Crippen LogP) is 3.15. The molecule has 1 saturated heterocycles. The van der Waals surface area contributed by atoms with Crippen LogP contribution in [-0.4, -0.2) is 33.7 Å². The quantitative estimate of drug-likeness (QED) is 0.480. The van der Waals surface area contributed by atoms with Crippen molar-refractivity contribution in [1.82, 2.24) is 4.90 Å². The van der Waals surface area contributed by atoms with Crippen LogP contribution in [0.15, 0.2) is 29.2 Å². The van der Waals surface area contributed by atoms with Crippen molar-refractivity contribution in [2.75, 3.05) is 6.54 Å². The fourth-order valence-corrected chi connectivity index (χ4v) is 3.13. The predicted molar refractivity (Wildman–Crippen MR) is 92.3 cm³/mol. The summed E-state index contributed by atoms with van der Waals surface area (Å²) >= 11 is 6.39. The highest BCUT2D eigenvalue weighted by atomic mass is 32.2. The van der Waals surface area contributed by atoms with Crippen LogP contribution >= 0.6 is 24.0 Å². The molecule has 1 aliphatic heterocycles. The van der Waals surface area contributed by atoms with E-state index >= 15 is 0 Å². The maximum Gasteiger partial charge on any atom is 0.326 e. The fraction of sp³-hybridized carbons (Fsp3) is 0.312. The molecule has 6 heteroatoms. The van der Waals surface area contributed by atoms with Gasteiger partial charge < -0.3 is 4.74 Å². The van der Waals surface area contributed by atoms with Crippen molar-refractivity contribution in [3.8, 4) is 0 Å². The zero-order valence-corrected chi connectivity index (χ0v) is 14.3. The molecule has 0 radical (unpaired) electrons. The number of esters is 1. The maximum atomic E-state index is 12.4. The second-order valence-corrected chi connectivity index (χ2v) is 6.89. The Bertz CT molecular complexity index is 635. The molecule has 1 aromatic rings. The van der Waals surface area contributed by atoms with Crippen LogP contribution < -0.4 is 0 Å². The minimum Gasteiger partial charge on any atom is -0.462 e. The van der Waals surface area contributed by atoms with E-state index in [1.165, 1.54) is 16.7 Å². The number of hydrogen-bond acceptors (Lipinski definition) is 5. The van der Waals surface area contributed by atoms with Crippen LogP contribution in [0.25, 0.3) is 6.08 Å². The normalized spacial score (nSPS) is 16.7. The zero-order chi connectivity index (χ0) is 16.3. The molecule has 1 aliphatic rings. The second-order valence-electron chi connectivity index (χ2n) is 5.22. The monoisotopic (exact) mass is 335 g/mol. The van der Waals surface area contributed by atoms with Crippen LogP contribution in [0.5, 0.6) is 0 Å². The van der Waals surface area contributed by atoms with E-state index in [2.05, 4.69) is 0 Å². The molecule has 0 spiro atoms. The van der Waals surface area contributed by atoms with Gasteiger partial charge in [-0.05, 0) is 32.4 Å². The maximum absolute atomic E-state index is 12.4. The number of nitrogens with zero attached hydrogens (tertiary/aromatic N) is 1. The lowest BCUT2D eigenvalue weighted by Gasteiger charge is -2.14. The van der Waals surface area contributed by atoms with Gasteiger partial charge in [-0.3, -0.25) is 14.5 Å². The summed E-state index contributed by atoms with van der Waals surface area (Å²) in [6.45, 7) is 5.39. The minimum atomic E-state index is -0.456. The summed E-state index contributed by atoms with van der Waals surface area (Å²) in [7, 11) is 0. The van der Waals surface area contributed by atoms with Gasteiger partial charge in [0.2, 0.25) is 0 Å². The van der Waals surface area contributed by atoms with Crippen LogP contribution in [0.3, 0.4) is 0 Å². The number of carbonyl (C=O) groups is 2. The van der Waals surface area contributed by atoms with E-state index in [-0.39, 0.29) is 18.6 Å². The van der Waals surface area contributed by atoms with Gasteiger partial charge >= 0.3 is 5.97 Å². The zero-order valence-electron chi connectivity index (χ0n) is 12.7. The molecule has 0 atom stereocenters. The van der Waals surface area contributed by atoms with Gasteiger partial charge in [0.15, 0.2) is 0 Å². The molecule has 0 bridgehead atoms. The molecule has 1 heterocycles. The van der Waals surface area contributed by atoms with E-state index in [4.69, 9.17) is 17.0 Å². The number of benzene rings is 1. The van der Waals surface area contributed by atoms with Crippen LogP contribution in [0, 0.1) is 6.92 Å². The second kappa shape index (κ2) is 7.07. The van der Waals surface area contributed by atoms with Crippen LogP contribution in [0.4, 0.5) is 0 Å². The molecule has 4 nitrogen and oxygen atoms in total. The lowest BCUT2D eigenvalue weighted by atomic mass is 10.1. The average Bonchev–Trinajstić information content (AvgIpc) is 2.68. The molecule has 1 amide bonds. The van der Waals surface area contributed by atoms with Crippen LogP contribution in [-0.2, 0) is 14.3 Å². The van der Waals surface area contributed by atoms with Gasteiger partial charge in [-0.1, -0.05) is 53.8 Å². The van der Waals surface area contributed by atoms with Gasteiger partial charge in [0.1, 0.15) is 10.9 Å². The van der Waals surface area contributed by atoms with Gasteiger partial charge in [-0.25, -0.2) is 0 Å². The number of ether oxygens (including phenoxy) is 1. The van der Waals surface area contributed by atoms with Gasteiger partial charge in [0.25, 0.3) is 5.91 Å². The van der Waals surface area contributed by atoms with Gasteiger partial charge in [-0.15, -0.1) is 0 Å².